The maximum absolute atomic E-state index is 13.1. The van der Waals surface area contributed by atoms with Crippen molar-refractivity contribution in [3.63, 3.8) is 0 Å². The Kier molecular flexibility index (Phi) is 4.71. The number of aromatic nitrogens is 5. The topological polar surface area (TPSA) is 123 Å². The predicted octanol–water partition coefficient (Wildman–Crippen LogP) is 2.61. The summed E-state index contributed by atoms with van der Waals surface area (Å²) in [7, 11) is -2.07. The van der Waals surface area contributed by atoms with E-state index in [9.17, 15) is 13.2 Å². The number of aryl methyl sites for hydroxylation is 1. The third-order valence-electron chi connectivity index (χ3n) is 5.22. The minimum absolute atomic E-state index is 0.0267. The average Bonchev–Trinajstić information content (AvgIpc) is 3.42. The van der Waals surface area contributed by atoms with Gasteiger partial charge in [-0.3, -0.25) is 14.6 Å². The predicted molar refractivity (Wildman–Crippen MR) is 118 cm³/mol. The van der Waals surface area contributed by atoms with Crippen molar-refractivity contribution < 1.29 is 13.2 Å². The lowest BCUT2D eigenvalue weighted by atomic mass is 10.2. The van der Waals surface area contributed by atoms with Crippen molar-refractivity contribution >= 4 is 37.7 Å². The summed E-state index contributed by atoms with van der Waals surface area (Å²) < 4.78 is 27.9. The maximum Gasteiger partial charge on any atom is 0.253 e. The molecular weight excluding hydrogens is 428 g/mol. The third-order valence-corrected chi connectivity index (χ3v) is 6.92. The molecule has 5 aromatic rings. The van der Waals surface area contributed by atoms with E-state index < -0.39 is 9.84 Å². The third kappa shape index (κ3) is 3.40. The molecule has 2 N–H and O–H groups in total. The van der Waals surface area contributed by atoms with Gasteiger partial charge in [0, 0.05) is 30.6 Å². The minimum Gasteiger partial charge on any atom is -0.348 e. The molecule has 5 rings (SSSR count). The Balaban J connectivity index is 1.33. The van der Waals surface area contributed by atoms with Gasteiger partial charge in [0.2, 0.25) is 9.84 Å². The van der Waals surface area contributed by atoms with Crippen molar-refractivity contribution in [1.82, 2.24) is 30.3 Å². The molecule has 1 amide bonds. The Morgan fingerprint density at radius 3 is 2.69 bits per heavy atom. The maximum atomic E-state index is 13.1. The molecule has 0 spiro atoms. The van der Waals surface area contributed by atoms with Crippen LogP contribution in [-0.4, -0.2) is 39.3 Å². The summed E-state index contributed by atoms with van der Waals surface area (Å²) in [5.74, 6) is -0.280. The summed E-state index contributed by atoms with van der Waals surface area (Å²) in [6.45, 7) is 0.245. The lowest BCUT2D eigenvalue weighted by Gasteiger charge is -2.07. The van der Waals surface area contributed by atoms with E-state index in [0.717, 1.165) is 16.5 Å². The van der Waals surface area contributed by atoms with E-state index in [1.54, 1.807) is 48.3 Å². The van der Waals surface area contributed by atoms with Crippen molar-refractivity contribution in [3.8, 4) is 0 Å². The number of carbonyl (C=O) groups is 1. The Morgan fingerprint density at radius 2 is 1.88 bits per heavy atom. The number of rotatable bonds is 5. The molecule has 0 aliphatic heterocycles. The Hall–Kier alpha value is -4.05. The van der Waals surface area contributed by atoms with Gasteiger partial charge in [-0.2, -0.15) is 10.2 Å². The van der Waals surface area contributed by atoms with Crippen LogP contribution in [-0.2, 0) is 23.4 Å². The van der Waals surface area contributed by atoms with Gasteiger partial charge in [0.25, 0.3) is 5.91 Å². The summed E-state index contributed by atoms with van der Waals surface area (Å²) in [4.78, 5) is 16.7. The molecule has 0 atom stereocenters. The van der Waals surface area contributed by atoms with E-state index in [1.807, 2.05) is 12.1 Å². The normalized spacial score (nSPS) is 11.8. The van der Waals surface area contributed by atoms with Crippen LogP contribution in [0.25, 0.3) is 21.9 Å². The molecule has 9 nitrogen and oxygen atoms in total. The number of sulfone groups is 1. The SMILES string of the molecule is Cn1nc(S(=O)(=O)c2ccc(CNC(=O)c3cnc4[nH]ncc4c3)cc2)c2ccccc21. The van der Waals surface area contributed by atoms with Crippen LogP contribution in [0.1, 0.15) is 15.9 Å². The highest BCUT2D eigenvalue weighted by atomic mass is 32.2. The van der Waals surface area contributed by atoms with E-state index in [0.29, 0.717) is 16.6 Å². The van der Waals surface area contributed by atoms with Crippen LogP contribution in [0.4, 0.5) is 0 Å². The summed E-state index contributed by atoms with van der Waals surface area (Å²) >= 11 is 0. The van der Waals surface area contributed by atoms with Crippen LogP contribution in [0.15, 0.2) is 76.9 Å². The number of fused-ring (bicyclic) bond motifs is 2. The molecule has 0 saturated carbocycles. The summed E-state index contributed by atoms with van der Waals surface area (Å²) in [6.07, 6.45) is 3.08. The molecule has 0 aliphatic rings. The summed E-state index contributed by atoms with van der Waals surface area (Å²) in [5, 5.41) is 15.0. The van der Waals surface area contributed by atoms with Crippen molar-refractivity contribution in [2.75, 3.05) is 0 Å². The second-order valence-electron chi connectivity index (χ2n) is 7.31. The molecule has 160 valence electrons. The monoisotopic (exact) mass is 446 g/mol. The zero-order valence-corrected chi connectivity index (χ0v) is 17.8. The van der Waals surface area contributed by atoms with Crippen molar-refractivity contribution in [2.24, 2.45) is 7.05 Å². The zero-order chi connectivity index (χ0) is 22.3. The molecule has 10 heteroatoms. The molecule has 0 saturated heterocycles. The molecule has 0 unspecified atom stereocenters. The van der Waals surface area contributed by atoms with Crippen LogP contribution >= 0.6 is 0 Å². The van der Waals surface area contributed by atoms with Crippen LogP contribution in [0.5, 0.6) is 0 Å². The summed E-state index contributed by atoms with van der Waals surface area (Å²) in [5.41, 5.74) is 2.54. The highest BCUT2D eigenvalue weighted by Crippen LogP contribution is 2.27. The van der Waals surface area contributed by atoms with Gasteiger partial charge in [0.15, 0.2) is 10.7 Å². The van der Waals surface area contributed by atoms with Gasteiger partial charge < -0.3 is 5.32 Å². The first-order valence-corrected chi connectivity index (χ1v) is 11.2. The smallest absolute Gasteiger partial charge is 0.253 e. The standard InChI is InChI=1S/C22H18N6O3S/c1-28-19-5-3-2-4-18(19)22(27-28)32(30,31)17-8-6-14(7-9-17)11-24-21(29)16-10-15-13-25-26-20(15)23-12-16/h2-10,12-13H,11H2,1H3,(H,24,29)(H,23,25,26). The number of nitrogens with one attached hydrogen (secondary N) is 2. The number of hydrogen-bond donors (Lipinski definition) is 2. The van der Waals surface area contributed by atoms with Gasteiger partial charge >= 0.3 is 0 Å². The van der Waals surface area contributed by atoms with E-state index in [-0.39, 0.29) is 22.4 Å². The molecule has 3 heterocycles. The minimum atomic E-state index is -3.79. The van der Waals surface area contributed by atoms with Gasteiger partial charge in [-0.05, 0) is 35.9 Å². The van der Waals surface area contributed by atoms with E-state index in [4.69, 9.17) is 0 Å². The fourth-order valence-electron chi connectivity index (χ4n) is 3.52. The lowest BCUT2D eigenvalue weighted by molar-refractivity contribution is 0.0950. The molecule has 3 aromatic heterocycles. The fourth-order valence-corrected chi connectivity index (χ4v) is 4.93. The van der Waals surface area contributed by atoms with Crippen molar-refractivity contribution in [1.29, 1.82) is 0 Å². The number of carbonyl (C=O) groups excluding carboxylic acids is 1. The van der Waals surface area contributed by atoms with E-state index in [2.05, 4.69) is 25.6 Å². The van der Waals surface area contributed by atoms with Crippen LogP contribution < -0.4 is 5.32 Å². The Morgan fingerprint density at radius 1 is 1.09 bits per heavy atom. The number of amides is 1. The van der Waals surface area contributed by atoms with Gasteiger partial charge in [-0.1, -0.05) is 24.3 Å². The van der Waals surface area contributed by atoms with E-state index >= 15 is 0 Å². The highest BCUT2D eigenvalue weighted by molar-refractivity contribution is 7.91. The molecule has 0 fully saturated rings. The largest absolute Gasteiger partial charge is 0.348 e. The zero-order valence-electron chi connectivity index (χ0n) is 17.0. The van der Waals surface area contributed by atoms with Crippen LogP contribution in [0, 0.1) is 0 Å². The first-order valence-electron chi connectivity index (χ1n) is 9.76. The van der Waals surface area contributed by atoms with Gasteiger partial charge in [-0.25, -0.2) is 13.4 Å². The van der Waals surface area contributed by atoms with E-state index in [1.165, 1.54) is 18.3 Å². The second kappa shape index (κ2) is 7.57. The molecule has 2 aromatic carbocycles. The molecule has 0 aliphatic carbocycles. The van der Waals surface area contributed by atoms with Crippen molar-refractivity contribution in [2.45, 2.75) is 16.5 Å². The number of benzene rings is 2. The number of H-pyrrole nitrogens is 1. The summed E-state index contributed by atoms with van der Waals surface area (Å²) in [6, 6.07) is 15.3. The number of aromatic amines is 1. The number of pyridine rings is 1. The number of para-hydroxylation sites is 1. The molecule has 0 radical (unpaired) electrons. The fraction of sp³-hybridized carbons (Fsp3) is 0.0909. The van der Waals surface area contributed by atoms with Crippen LogP contribution in [0.3, 0.4) is 0 Å². The molecule has 0 bridgehead atoms. The molecule has 32 heavy (non-hydrogen) atoms. The number of nitrogens with zero attached hydrogens (tertiary/aromatic N) is 4. The second-order valence-corrected chi connectivity index (χ2v) is 9.17. The lowest BCUT2D eigenvalue weighted by Crippen LogP contribution is -2.22. The first kappa shape index (κ1) is 19.9. The number of hydrogen-bond acceptors (Lipinski definition) is 6. The molecular formula is C22H18N6O3S. The highest BCUT2D eigenvalue weighted by Gasteiger charge is 2.24. The Bertz CT molecular complexity index is 1570. The van der Waals surface area contributed by atoms with Gasteiger partial charge in [-0.15, -0.1) is 0 Å². The van der Waals surface area contributed by atoms with Gasteiger partial charge in [0.1, 0.15) is 0 Å². The van der Waals surface area contributed by atoms with Crippen molar-refractivity contribution in [3.05, 3.63) is 78.1 Å². The Labute approximate surface area is 183 Å². The average molecular weight is 446 g/mol. The first-order chi connectivity index (χ1) is 15.4. The van der Waals surface area contributed by atoms with Gasteiger partial charge in [0.05, 0.1) is 22.2 Å². The quantitative estimate of drug-likeness (QED) is 0.428. The van der Waals surface area contributed by atoms with Crippen LogP contribution in [0.2, 0.25) is 0 Å².